The average Bonchev–Trinajstić information content (AvgIpc) is 2.37. The molecule has 0 heterocycles. The van der Waals surface area contributed by atoms with Gasteiger partial charge in [-0.25, -0.2) is 8.78 Å². The Hall–Kier alpha value is -1.26. The summed E-state index contributed by atoms with van der Waals surface area (Å²) in [6.45, 7) is 0. The van der Waals surface area contributed by atoms with Gasteiger partial charge >= 0.3 is 0 Å². The van der Waals surface area contributed by atoms with E-state index in [-0.39, 0.29) is 24.5 Å². The van der Waals surface area contributed by atoms with E-state index in [1.165, 1.54) is 18.2 Å². The average molecular weight is 327 g/mol. The van der Waals surface area contributed by atoms with E-state index in [9.17, 15) is 13.9 Å². The van der Waals surface area contributed by atoms with Crippen LogP contribution in [-0.4, -0.2) is 11.2 Å². The lowest BCUT2D eigenvalue weighted by Crippen LogP contribution is -2.15. The second-order valence-corrected chi connectivity index (χ2v) is 5.24. The molecule has 0 aliphatic heterocycles. The van der Waals surface area contributed by atoms with Gasteiger partial charge in [-0.3, -0.25) is 0 Å². The Morgan fingerprint density at radius 1 is 1.00 bits per heavy atom. The Labute approximate surface area is 119 Å². The fraction of sp³-hybridized carbons (Fsp3) is 0.200. The third kappa shape index (κ3) is 3.85. The van der Waals surface area contributed by atoms with Crippen LogP contribution in [0.4, 0.5) is 8.78 Å². The van der Waals surface area contributed by atoms with E-state index in [2.05, 4.69) is 15.9 Å². The largest absolute Gasteiger partial charge is 0.392 e. The van der Waals surface area contributed by atoms with Crippen LogP contribution < -0.4 is 0 Å². The van der Waals surface area contributed by atoms with Gasteiger partial charge in [0.1, 0.15) is 11.6 Å². The highest BCUT2D eigenvalue weighted by atomic mass is 79.9. The number of benzene rings is 2. The highest BCUT2D eigenvalue weighted by molar-refractivity contribution is 9.10. The Bertz CT molecular complexity index is 572. The van der Waals surface area contributed by atoms with Gasteiger partial charge in [-0.15, -0.1) is 0 Å². The van der Waals surface area contributed by atoms with Gasteiger partial charge in [0.25, 0.3) is 0 Å². The van der Waals surface area contributed by atoms with Crippen LogP contribution in [0, 0.1) is 11.6 Å². The van der Waals surface area contributed by atoms with E-state index in [1.807, 2.05) is 0 Å². The summed E-state index contributed by atoms with van der Waals surface area (Å²) < 4.78 is 27.3. The quantitative estimate of drug-likeness (QED) is 0.904. The summed E-state index contributed by atoms with van der Waals surface area (Å²) >= 11 is 3.31. The molecule has 1 unspecified atom stereocenters. The fourth-order valence-electron chi connectivity index (χ4n) is 1.94. The lowest BCUT2D eigenvalue weighted by molar-refractivity contribution is 0.174. The maximum absolute atomic E-state index is 13.5. The van der Waals surface area contributed by atoms with Crippen LogP contribution in [0.3, 0.4) is 0 Å². The Morgan fingerprint density at radius 2 is 1.68 bits per heavy atom. The minimum Gasteiger partial charge on any atom is -0.392 e. The molecule has 0 aliphatic rings. The molecule has 0 aliphatic carbocycles. The first-order valence-corrected chi connectivity index (χ1v) is 6.71. The molecule has 2 rings (SSSR count). The Kier molecular flexibility index (Phi) is 4.66. The summed E-state index contributed by atoms with van der Waals surface area (Å²) in [4.78, 5) is 0. The third-order valence-corrected chi connectivity index (χ3v) is 3.65. The van der Waals surface area contributed by atoms with Gasteiger partial charge in [-0.2, -0.15) is 0 Å². The van der Waals surface area contributed by atoms with Crippen molar-refractivity contribution in [2.75, 3.05) is 0 Å². The predicted octanol–water partition coefficient (Wildman–Crippen LogP) is 3.87. The maximum atomic E-state index is 13.5. The van der Waals surface area contributed by atoms with Crippen LogP contribution in [0.1, 0.15) is 11.1 Å². The zero-order valence-electron chi connectivity index (χ0n) is 10.1. The number of hydrogen-bond acceptors (Lipinski definition) is 1. The molecule has 0 bridgehead atoms. The topological polar surface area (TPSA) is 20.2 Å². The molecule has 2 aromatic carbocycles. The molecule has 0 radical (unpaired) electrons. The van der Waals surface area contributed by atoms with Crippen molar-refractivity contribution in [3.63, 3.8) is 0 Å². The molecule has 100 valence electrons. The molecule has 4 heteroatoms. The second kappa shape index (κ2) is 6.26. The highest BCUT2D eigenvalue weighted by Crippen LogP contribution is 2.20. The van der Waals surface area contributed by atoms with Crippen molar-refractivity contribution in [2.24, 2.45) is 0 Å². The SMILES string of the molecule is OC(Cc1ccccc1F)Cc1cc(F)ccc1Br. The summed E-state index contributed by atoms with van der Waals surface area (Å²) in [5.74, 6) is -0.684. The van der Waals surface area contributed by atoms with E-state index in [4.69, 9.17) is 0 Å². The molecule has 19 heavy (non-hydrogen) atoms. The van der Waals surface area contributed by atoms with Crippen LogP contribution >= 0.6 is 15.9 Å². The summed E-state index contributed by atoms with van der Waals surface area (Å²) in [5.41, 5.74) is 1.13. The monoisotopic (exact) mass is 326 g/mol. The molecule has 2 aromatic rings. The first-order chi connectivity index (χ1) is 9.06. The van der Waals surface area contributed by atoms with E-state index in [0.717, 1.165) is 4.47 Å². The van der Waals surface area contributed by atoms with Crippen LogP contribution in [0.15, 0.2) is 46.9 Å². The van der Waals surface area contributed by atoms with Crippen LogP contribution in [-0.2, 0) is 12.8 Å². The van der Waals surface area contributed by atoms with Crippen molar-refractivity contribution in [3.05, 3.63) is 69.7 Å². The van der Waals surface area contributed by atoms with Crippen LogP contribution in [0.2, 0.25) is 0 Å². The molecule has 0 saturated carbocycles. The van der Waals surface area contributed by atoms with Gasteiger partial charge < -0.3 is 5.11 Å². The van der Waals surface area contributed by atoms with Gasteiger partial charge in [0, 0.05) is 10.9 Å². The van der Waals surface area contributed by atoms with Gasteiger partial charge in [0.15, 0.2) is 0 Å². The number of hydrogen-bond donors (Lipinski definition) is 1. The van der Waals surface area contributed by atoms with Crippen molar-refractivity contribution in [1.82, 2.24) is 0 Å². The van der Waals surface area contributed by atoms with E-state index in [1.54, 1.807) is 24.3 Å². The van der Waals surface area contributed by atoms with Gasteiger partial charge in [-0.05, 0) is 41.8 Å². The second-order valence-electron chi connectivity index (χ2n) is 4.39. The van der Waals surface area contributed by atoms with Crippen molar-refractivity contribution in [2.45, 2.75) is 18.9 Å². The zero-order valence-corrected chi connectivity index (χ0v) is 11.7. The summed E-state index contributed by atoms with van der Waals surface area (Å²) in [5, 5.41) is 9.99. The summed E-state index contributed by atoms with van der Waals surface area (Å²) in [6.07, 6.45) is -0.280. The standard InChI is InChI=1S/C15H13BrF2O/c16-14-6-5-12(17)7-11(14)9-13(19)8-10-3-1-2-4-15(10)18/h1-7,13,19H,8-9H2. The lowest BCUT2D eigenvalue weighted by atomic mass is 10.0. The maximum Gasteiger partial charge on any atom is 0.126 e. The van der Waals surface area contributed by atoms with E-state index < -0.39 is 6.10 Å². The molecule has 1 atom stereocenters. The number of aliphatic hydroxyl groups excluding tert-OH is 1. The zero-order chi connectivity index (χ0) is 13.8. The Morgan fingerprint density at radius 3 is 2.42 bits per heavy atom. The molecule has 0 amide bonds. The molecule has 0 spiro atoms. The highest BCUT2D eigenvalue weighted by Gasteiger charge is 2.12. The van der Waals surface area contributed by atoms with Crippen molar-refractivity contribution >= 4 is 15.9 Å². The third-order valence-electron chi connectivity index (χ3n) is 2.88. The van der Waals surface area contributed by atoms with Crippen molar-refractivity contribution in [1.29, 1.82) is 0 Å². The van der Waals surface area contributed by atoms with E-state index in [0.29, 0.717) is 11.1 Å². The van der Waals surface area contributed by atoms with Crippen LogP contribution in [0.5, 0.6) is 0 Å². The molecule has 1 N–H and O–H groups in total. The number of halogens is 3. The predicted molar refractivity (Wildman–Crippen MR) is 73.9 cm³/mol. The van der Waals surface area contributed by atoms with Crippen molar-refractivity contribution in [3.8, 4) is 0 Å². The summed E-state index contributed by atoms with van der Waals surface area (Å²) in [6, 6.07) is 10.6. The smallest absolute Gasteiger partial charge is 0.126 e. The first kappa shape index (κ1) is 14.2. The molecular weight excluding hydrogens is 314 g/mol. The minimum atomic E-state index is -0.755. The molecule has 0 aromatic heterocycles. The fourth-order valence-corrected chi connectivity index (χ4v) is 2.35. The van der Waals surface area contributed by atoms with Gasteiger partial charge in [0.05, 0.1) is 6.10 Å². The molecule has 0 saturated heterocycles. The Balaban J connectivity index is 2.07. The minimum absolute atomic E-state index is 0.204. The number of rotatable bonds is 4. The van der Waals surface area contributed by atoms with Gasteiger partial charge in [0.2, 0.25) is 0 Å². The lowest BCUT2D eigenvalue weighted by Gasteiger charge is -2.12. The molecule has 0 fully saturated rings. The van der Waals surface area contributed by atoms with Crippen molar-refractivity contribution < 1.29 is 13.9 Å². The number of aliphatic hydroxyl groups is 1. The van der Waals surface area contributed by atoms with Crippen LogP contribution in [0.25, 0.3) is 0 Å². The van der Waals surface area contributed by atoms with E-state index >= 15 is 0 Å². The molecular formula is C15H13BrF2O. The first-order valence-electron chi connectivity index (χ1n) is 5.91. The van der Waals surface area contributed by atoms with Gasteiger partial charge in [-0.1, -0.05) is 34.1 Å². The normalized spacial score (nSPS) is 12.4. The molecule has 1 nitrogen and oxygen atoms in total. The summed E-state index contributed by atoms with van der Waals surface area (Å²) in [7, 11) is 0.